The summed E-state index contributed by atoms with van der Waals surface area (Å²) in [7, 11) is -2.72. The lowest BCUT2D eigenvalue weighted by molar-refractivity contribution is -0.297. The Labute approximate surface area is 159 Å². The number of carbonyl (C=O) groups excluding carboxylic acids is 1. The normalized spacial score (nSPS) is 11.6. The molecule has 2 rings (SSSR count). The first-order valence-corrected chi connectivity index (χ1v) is 9.56. The van der Waals surface area contributed by atoms with Crippen LogP contribution >= 0.6 is 0 Å². The number of aryl methyl sites for hydroxylation is 2. The van der Waals surface area contributed by atoms with E-state index in [2.05, 4.69) is 0 Å². The fourth-order valence-electron chi connectivity index (χ4n) is 2.74. The van der Waals surface area contributed by atoms with Gasteiger partial charge < -0.3 is 18.8 Å². The molecule has 6 nitrogen and oxygen atoms in total. The molecule has 0 heterocycles. The van der Waals surface area contributed by atoms with Gasteiger partial charge in [0.2, 0.25) is 0 Å². The molecule has 144 valence electrons. The van der Waals surface area contributed by atoms with Crippen LogP contribution in [0, 0.1) is 27.7 Å². The minimum atomic E-state index is -4.09. The molecule has 0 aliphatic rings. The van der Waals surface area contributed by atoms with E-state index in [0.29, 0.717) is 16.7 Å². The van der Waals surface area contributed by atoms with Gasteiger partial charge in [0, 0.05) is 0 Å². The van der Waals surface area contributed by atoms with E-state index in [4.69, 9.17) is 8.92 Å². The van der Waals surface area contributed by atoms with Gasteiger partial charge in [-0.15, -0.1) is 0 Å². The quantitative estimate of drug-likeness (QED) is 0.557. The first-order chi connectivity index (χ1) is 12.6. The van der Waals surface area contributed by atoms with Crippen molar-refractivity contribution in [1.29, 1.82) is 0 Å². The molecule has 0 radical (unpaired) electrons. The van der Waals surface area contributed by atoms with E-state index in [1.807, 2.05) is 19.9 Å². The van der Waals surface area contributed by atoms with E-state index in [0.717, 1.165) is 17.2 Å². The third kappa shape index (κ3) is 4.49. The van der Waals surface area contributed by atoms with Gasteiger partial charge in [0.05, 0.1) is 13.1 Å². The molecule has 0 unspecified atom stereocenters. The van der Waals surface area contributed by atoms with Crippen LogP contribution in [0.15, 0.2) is 35.2 Å². The maximum Gasteiger partial charge on any atom is 0.339 e. The van der Waals surface area contributed by atoms with Crippen molar-refractivity contribution in [3.63, 3.8) is 0 Å². The van der Waals surface area contributed by atoms with E-state index in [-0.39, 0.29) is 16.4 Å². The van der Waals surface area contributed by atoms with Gasteiger partial charge in [-0.25, -0.2) is 0 Å². The van der Waals surface area contributed by atoms with Crippen LogP contribution in [-0.2, 0) is 14.9 Å². The minimum Gasteiger partial charge on any atom is -0.545 e. The third-order valence-electron chi connectivity index (χ3n) is 4.35. The molecule has 2 aromatic carbocycles. The second kappa shape index (κ2) is 7.84. The molecule has 0 spiro atoms. The molecule has 0 amide bonds. The predicted octanol–water partition coefficient (Wildman–Crippen LogP) is 2.46. The Bertz CT molecular complexity index is 993. The number of hydrogen-bond acceptors (Lipinski definition) is 6. The number of carboxylic acid groups (broad SMARTS) is 1. The first kappa shape index (κ1) is 20.5. The van der Waals surface area contributed by atoms with Crippen molar-refractivity contribution >= 4 is 22.2 Å². The average Bonchev–Trinajstić information content (AvgIpc) is 2.58. The molecule has 0 saturated heterocycles. The maximum absolute atomic E-state index is 12.9. The Hall–Kier alpha value is -2.80. The number of ether oxygens (including phenoxy) is 1. The summed E-state index contributed by atoms with van der Waals surface area (Å²) in [5, 5.41) is 10.5. The van der Waals surface area contributed by atoms with E-state index in [1.165, 1.54) is 31.4 Å². The molecule has 0 atom stereocenters. The highest BCUT2D eigenvalue weighted by molar-refractivity contribution is 7.87. The SMILES string of the molecule is COc1cc(/C=C/C(=O)[O-])ccc1OS(=O)(=O)c1c(C)c(C)cc(C)c1C. The molecule has 0 bridgehead atoms. The fourth-order valence-corrected chi connectivity index (χ4v) is 4.27. The number of carbonyl (C=O) groups is 1. The van der Waals surface area contributed by atoms with Crippen molar-refractivity contribution in [2.45, 2.75) is 32.6 Å². The zero-order valence-corrected chi connectivity index (χ0v) is 16.6. The van der Waals surface area contributed by atoms with Crippen molar-refractivity contribution in [3.8, 4) is 11.5 Å². The van der Waals surface area contributed by atoms with Crippen LogP contribution in [0.2, 0.25) is 0 Å². The summed E-state index contributed by atoms with van der Waals surface area (Å²) in [5.41, 5.74) is 3.47. The van der Waals surface area contributed by atoms with Crippen LogP contribution in [0.4, 0.5) is 0 Å². The molecule has 0 aromatic heterocycles. The molecule has 0 aliphatic heterocycles. The smallest absolute Gasteiger partial charge is 0.339 e. The van der Waals surface area contributed by atoms with Crippen LogP contribution in [0.25, 0.3) is 6.08 Å². The summed E-state index contributed by atoms with van der Waals surface area (Å²) in [6.07, 6.45) is 2.18. The van der Waals surface area contributed by atoms with E-state index in [9.17, 15) is 18.3 Å². The summed E-state index contributed by atoms with van der Waals surface area (Å²) in [5.74, 6) is -1.16. The van der Waals surface area contributed by atoms with Gasteiger partial charge in [0.15, 0.2) is 11.5 Å². The Morgan fingerprint density at radius 1 is 1.00 bits per heavy atom. The number of carboxylic acids is 1. The number of methoxy groups -OCH3 is 1. The number of aliphatic carboxylic acids is 1. The van der Waals surface area contributed by atoms with E-state index >= 15 is 0 Å². The Kier molecular flexibility index (Phi) is 5.95. The lowest BCUT2D eigenvalue weighted by Crippen LogP contribution is -2.18. The van der Waals surface area contributed by atoms with Gasteiger partial charge in [-0.05, 0) is 73.7 Å². The fraction of sp³-hybridized carbons (Fsp3) is 0.250. The summed E-state index contributed by atoms with van der Waals surface area (Å²) < 4.78 is 36.4. The number of benzene rings is 2. The number of hydrogen-bond donors (Lipinski definition) is 0. The Balaban J connectivity index is 2.49. The summed E-state index contributed by atoms with van der Waals surface area (Å²) in [6, 6.07) is 6.35. The highest BCUT2D eigenvalue weighted by Gasteiger charge is 2.25. The highest BCUT2D eigenvalue weighted by atomic mass is 32.2. The maximum atomic E-state index is 12.9. The third-order valence-corrected chi connectivity index (χ3v) is 5.86. The van der Waals surface area contributed by atoms with E-state index in [1.54, 1.807) is 13.8 Å². The van der Waals surface area contributed by atoms with Gasteiger partial charge in [-0.3, -0.25) is 0 Å². The molecule has 0 N–H and O–H groups in total. The van der Waals surface area contributed by atoms with Crippen LogP contribution in [0.5, 0.6) is 11.5 Å². The van der Waals surface area contributed by atoms with Crippen LogP contribution in [0.3, 0.4) is 0 Å². The van der Waals surface area contributed by atoms with Gasteiger partial charge in [0.25, 0.3) is 0 Å². The Morgan fingerprint density at radius 3 is 2.11 bits per heavy atom. The zero-order valence-electron chi connectivity index (χ0n) is 15.8. The predicted molar refractivity (Wildman–Crippen MR) is 100 cm³/mol. The van der Waals surface area contributed by atoms with Crippen molar-refractivity contribution in [2.75, 3.05) is 7.11 Å². The van der Waals surface area contributed by atoms with Crippen molar-refractivity contribution < 1.29 is 27.2 Å². The standard InChI is InChI=1S/C20H22O6S/c1-12-10-13(2)15(4)20(14(12)3)27(23,24)26-17-8-6-16(7-9-19(21)22)11-18(17)25-5/h6-11H,1-5H3,(H,21,22)/p-1/b9-7+. The first-order valence-electron chi connectivity index (χ1n) is 8.15. The minimum absolute atomic E-state index is 0.0149. The summed E-state index contributed by atoms with van der Waals surface area (Å²) in [6.45, 7) is 7.17. The summed E-state index contributed by atoms with van der Waals surface area (Å²) in [4.78, 5) is 10.7. The van der Waals surface area contributed by atoms with Gasteiger partial charge in [-0.2, -0.15) is 8.42 Å². The zero-order chi connectivity index (χ0) is 20.4. The molecule has 2 aromatic rings. The molecule has 0 fully saturated rings. The second-order valence-corrected chi connectivity index (χ2v) is 7.67. The molecule has 7 heteroatoms. The van der Waals surface area contributed by atoms with Gasteiger partial charge in [-0.1, -0.05) is 18.2 Å². The van der Waals surface area contributed by atoms with Crippen LogP contribution in [-0.4, -0.2) is 21.5 Å². The molecular weight excluding hydrogens is 368 g/mol. The second-order valence-electron chi connectivity index (χ2n) is 6.19. The van der Waals surface area contributed by atoms with Crippen molar-refractivity contribution in [1.82, 2.24) is 0 Å². The molecule has 0 aliphatic carbocycles. The lowest BCUT2D eigenvalue weighted by atomic mass is 10.0. The van der Waals surface area contributed by atoms with Crippen LogP contribution in [0.1, 0.15) is 27.8 Å². The topological polar surface area (TPSA) is 92.7 Å². The van der Waals surface area contributed by atoms with Crippen LogP contribution < -0.4 is 14.0 Å². The largest absolute Gasteiger partial charge is 0.545 e. The molecular formula is C20H21O6S-. The highest BCUT2D eigenvalue weighted by Crippen LogP contribution is 2.34. The monoisotopic (exact) mass is 389 g/mol. The molecule has 27 heavy (non-hydrogen) atoms. The van der Waals surface area contributed by atoms with Gasteiger partial charge >= 0.3 is 10.1 Å². The summed E-state index contributed by atoms with van der Waals surface area (Å²) >= 11 is 0. The number of rotatable bonds is 6. The van der Waals surface area contributed by atoms with Crippen molar-refractivity contribution in [3.05, 3.63) is 58.2 Å². The lowest BCUT2D eigenvalue weighted by Gasteiger charge is -2.17. The van der Waals surface area contributed by atoms with E-state index < -0.39 is 16.1 Å². The van der Waals surface area contributed by atoms with Crippen molar-refractivity contribution in [2.24, 2.45) is 0 Å². The Morgan fingerprint density at radius 2 is 1.59 bits per heavy atom. The average molecular weight is 389 g/mol. The molecule has 0 saturated carbocycles. The van der Waals surface area contributed by atoms with Gasteiger partial charge in [0.1, 0.15) is 4.90 Å².